The highest BCUT2D eigenvalue weighted by Crippen LogP contribution is 2.30. The van der Waals surface area contributed by atoms with Gasteiger partial charge in [-0.25, -0.2) is 8.42 Å². The number of fused-ring (bicyclic) bond motifs is 1. The summed E-state index contributed by atoms with van der Waals surface area (Å²) in [5.41, 5.74) is 1.07. The molecule has 23 heavy (non-hydrogen) atoms. The van der Waals surface area contributed by atoms with E-state index < -0.39 is 9.84 Å². The van der Waals surface area contributed by atoms with Gasteiger partial charge in [0.15, 0.2) is 9.84 Å². The van der Waals surface area contributed by atoms with Crippen LogP contribution in [0.3, 0.4) is 0 Å². The van der Waals surface area contributed by atoms with Gasteiger partial charge in [-0.2, -0.15) is 0 Å². The molecule has 0 unspecified atom stereocenters. The van der Waals surface area contributed by atoms with E-state index in [-0.39, 0.29) is 23.5 Å². The minimum absolute atomic E-state index is 0.0212. The number of hydrogen-bond donors (Lipinski definition) is 0. The molecular weight excluding hydrogens is 318 g/mol. The Morgan fingerprint density at radius 3 is 2.74 bits per heavy atom. The van der Waals surface area contributed by atoms with E-state index in [0.29, 0.717) is 34.5 Å². The van der Waals surface area contributed by atoms with Crippen LogP contribution in [0.5, 0.6) is 5.75 Å². The Hall–Kier alpha value is -2.02. The zero-order chi connectivity index (χ0) is 16.8. The first-order chi connectivity index (χ1) is 10.8. The van der Waals surface area contributed by atoms with Crippen LogP contribution in [0.15, 0.2) is 22.6 Å². The van der Waals surface area contributed by atoms with Crippen LogP contribution in [-0.2, 0) is 9.84 Å². The molecule has 1 saturated heterocycles. The number of benzene rings is 1. The van der Waals surface area contributed by atoms with Gasteiger partial charge in [0.25, 0.3) is 5.91 Å². The van der Waals surface area contributed by atoms with Gasteiger partial charge >= 0.3 is 0 Å². The standard InChI is InChI=1S/C16H19NO5S/c1-10-15(13-8-12(21-3)4-5-14(13)22-10)16(18)17(2)11-6-7-23(19,20)9-11/h4-5,8,11H,6-7,9H2,1-3H3/t11-/m1/s1. The van der Waals surface area contributed by atoms with Crippen molar-refractivity contribution in [3.05, 3.63) is 29.5 Å². The maximum Gasteiger partial charge on any atom is 0.258 e. The Morgan fingerprint density at radius 2 is 2.13 bits per heavy atom. The van der Waals surface area contributed by atoms with Gasteiger partial charge in [-0.15, -0.1) is 0 Å². The van der Waals surface area contributed by atoms with Crippen molar-refractivity contribution in [2.75, 3.05) is 25.7 Å². The molecule has 1 amide bonds. The molecule has 1 aliphatic heterocycles. The fourth-order valence-corrected chi connectivity index (χ4v) is 4.79. The molecule has 1 atom stereocenters. The summed E-state index contributed by atoms with van der Waals surface area (Å²) in [6.07, 6.45) is 0.475. The van der Waals surface area contributed by atoms with Crippen molar-refractivity contribution in [1.82, 2.24) is 4.90 Å². The van der Waals surface area contributed by atoms with E-state index in [2.05, 4.69) is 0 Å². The van der Waals surface area contributed by atoms with E-state index in [1.807, 2.05) is 0 Å². The molecule has 0 saturated carbocycles. The average molecular weight is 337 g/mol. The second-order valence-electron chi connectivity index (χ2n) is 5.87. The van der Waals surface area contributed by atoms with Crippen molar-refractivity contribution in [1.29, 1.82) is 0 Å². The number of methoxy groups -OCH3 is 1. The van der Waals surface area contributed by atoms with Gasteiger partial charge in [0, 0.05) is 18.5 Å². The molecule has 1 aromatic heterocycles. The van der Waals surface area contributed by atoms with Gasteiger partial charge < -0.3 is 14.1 Å². The van der Waals surface area contributed by atoms with Crippen molar-refractivity contribution < 1.29 is 22.4 Å². The number of ether oxygens (including phenoxy) is 1. The minimum atomic E-state index is -3.04. The first kappa shape index (κ1) is 15.9. The van der Waals surface area contributed by atoms with Gasteiger partial charge in [0.1, 0.15) is 17.1 Å². The lowest BCUT2D eigenvalue weighted by Crippen LogP contribution is -2.38. The molecule has 0 bridgehead atoms. The Morgan fingerprint density at radius 1 is 1.39 bits per heavy atom. The van der Waals surface area contributed by atoms with Crippen molar-refractivity contribution >= 4 is 26.7 Å². The SMILES string of the molecule is COc1ccc2oc(C)c(C(=O)N(C)[C@@H]3CCS(=O)(=O)C3)c2c1. The fraction of sp³-hybridized carbons (Fsp3) is 0.438. The maximum atomic E-state index is 12.9. The Balaban J connectivity index is 1.99. The van der Waals surface area contributed by atoms with Gasteiger partial charge in [-0.05, 0) is 31.5 Å². The zero-order valence-electron chi connectivity index (χ0n) is 13.3. The minimum Gasteiger partial charge on any atom is -0.497 e. The molecule has 0 spiro atoms. The molecule has 1 aromatic carbocycles. The zero-order valence-corrected chi connectivity index (χ0v) is 14.1. The third-order valence-corrected chi connectivity index (χ3v) is 6.11. The highest BCUT2D eigenvalue weighted by atomic mass is 32.2. The van der Waals surface area contributed by atoms with E-state index in [1.54, 1.807) is 39.3 Å². The number of nitrogens with zero attached hydrogens (tertiary/aromatic N) is 1. The molecule has 2 heterocycles. The van der Waals surface area contributed by atoms with Crippen molar-refractivity contribution in [3.8, 4) is 5.75 Å². The largest absolute Gasteiger partial charge is 0.497 e. The first-order valence-corrected chi connectivity index (χ1v) is 9.19. The number of carbonyl (C=O) groups is 1. The summed E-state index contributed by atoms with van der Waals surface area (Å²) in [7, 11) is 0.162. The van der Waals surface area contributed by atoms with E-state index >= 15 is 0 Å². The second-order valence-corrected chi connectivity index (χ2v) is 8.10. The van der Waals surface area contributed by atoms with E-state index in [9.17, 15) is 13.2 Å². The summed E-state index contributed by atoms with van der Waals surface area (Å²) in [5.74, 6) is 1.09. The molecule has 1 aliphatic rings. The summed E-state index contributed by atoms with van der Waals surface area (Å²) in [4.78, 5) is 14.4. The summed E-state index contributed by atoms with van der Waals surface area (Å²) < 4.78 is 34.1. The van der Waals surface area contributed by atoms with Crippen LogP contribution in [0.2, 0.25) is 0 Å². The Labute approximate surface area is 134 Å². The molecule has 7 heteroatoms. The quantitative estimate of drug-likeness (QED) is 0.856. The summed E-state index contributed by atoms with van der Waals surface area (Å²) in [6, 6.07) is 5.01. The van der Waals surface area contributed by atoms with E-state index in [0.717, 1.165) is 0 Å². The lowest BCUT2D eigenvalue weighted by molar-refractivity contribution is 0.0747. The van der Waals surface area contributed by atoms with Crippen LogP contribution in [-0.4, -0.2) is 50.9 Å². The van der Waals surface area contributed by atoms with Crippen molar-refractivity contribution in [2.24, 2.45) is 0 Å². The molecule has 0 aliphatic carbocycles. The van der Waals surface area contributed by atoms with Crippen LogP contribution in [0.25, 0.3) is 11.0 Å². The smallest absolute Gasteiger partial charge is 0.258 e. The third kappa shape index (κ3) is 2.81. The highest BCUT2D eigenvalue weighted by molar-refractivity contribution is 7.91. The molecule has 0 N–H and O–H groups in total. The highest BCUT2D eigenvalue weighted by Gasteiger charge is 2.34. The maximum absolute atomic E-state index is 12.9. The summed E-state index contributed by atoms with van der Waals surface area (Å²) >= 11 is 0. The predicted octanol–water partition coefficient (Wildman–Crippen LogP) is 2.01. The third-order valence-electron chi connectivity index (χ3n) is 4.36. The van der Waals surface area contributed by atoms with Crippen molar-refractivity contribution in [3.63, 3.8) is 0 Å². The molecule has 1 fully saturated rings. The number of aryl methyl sites for hydroxylation is 1. The molecule has 0 radical (unpaired) electrons. The molecular formula is C16H19NO5S. The van der Waals surface area contributed by atoms with Crippen LogP contribution in [0, 0.1) is 6.92 Å². The Kier molecular flexibility index (Phi) is 3.83. The van der Waals surface area contributed by atoms with Gasteiger partial charge in [0.2, 0.25) is 0 Å². The Bertz CT molecular complexity index is 868. The van der Waals surface area contributed by atoms with Crippen molar-refractivity contribution in [2.45, 2.75) is 19.4 Å². The fourth-order valence-electron chi connectivity index (χ4n) is 3.01. The number of rotatable bonds is 3. The number of sulfone groups is 1. The topological polar surface area (TPSA) is 76.8 Å². The van der Waals surface area contributed by atoms with Crippen LogP contribution in [0.1, 0.15) is 22.5 Å². The van der Waals surface area contributed by atoms with E-state index in [1.165, 1.54) is 4.90 Å². The number of carbonyl (C=O) groups excluding carboxylic acids is 1. The van der Waals surface area contributed by atoms with Gasteiger partial charge in [0.05, 0.1) is 24.2 Å². The van der Waals surface area contributed by atoms with Crippen LogP contribution >= 0.6 is 0 Å². The molecule has 3 rings (SSSR count). The lowest BCUT2D eigenvalue weighted by Gasteiger charge is -2.23. The van der Waals surface area contributed by atoms with Crippen LogP contribution in [0.4, 0.5) is 0 Å². The monoisotopic (exact) mass is 337 g/mol. The molecule has 6 nitrogen and oxygen atoms in total. The lowest BCUT2D eigenvalue weighted by atomic mass is 10.1. The second kappa shape index (κ2) is 5.56. The summed E-state index contributed by atoms with van der Waals surface area (Å²) in [6.45, 7) is 1.74. The number of furan rings is 1. The summed E-state index contributed by atoms with van der Waals surface area (Å²) in [5, 5.41) is 0.680. The average Bonchev–Trinajstić information content (AvgIpc) is 3.03. The first-order valence-electron chi connectivity index (χ1n) is 7.37. The normalized spacial score (nSPS) is 19.9. The van der Waals surface area contributed by atoms with Crippen LogP contribution < -0.4 is 4.74 Å². The van der Waals surface area contributed by atoms with E-state index in [4.69, 9.17) is 9.15 Å². The number of hydrogen-bond acceptors (Lipinski definition) is 5. The molecule has 2 aromatic rings. The number of amides is 1. The molecule has 124 valence electrons. The van der Waals surface area contributed by atoms with Gasteiger partial charge in [-0.1, -0.05) is 0 Å². The predicted molar refractivity (Wildman–Crippen MR) is 86.7 cm³/mol. The van der Waals surface area contributed by atoms with Gasteiger partial charge in [-0.3, -0.25) is 4.79 Å².